The van der Waals surface area contributed by atoms with Gasteiger partial charge in [0.2, 0.25) is 6.79 Å². The van der Waals surface area contributed by atoms with Crippen molar-refractivity contribution in [2.45, 2.75) is 0 Å². The monoisotopic (exact) mass is 444 g/mol. The van der Waals surface area contributed by atoms with Gasteiger partial charge in [0.05, 0.1) is 10.7 Å². The Balaban J connectivity index is 1.63. The number of nitrogens with zero attached hydrogens (tertiary/aromatic N) is 1. The zero-order valence-corrected chi connectivity index (χ0v) is 16.3. The van der Waals surface area contributed by atoms with Crippen molar-refractivity contribution in [2.75, 3.05) is 18.3 Å². The minimum atomic E-state index is -1.17. The van der Waals surface area contributed by atoms with Crippen molar-refractivity contribution in [3.63, 3.8) is 0 Å². The number of carbonyl (C=O) groups is 4. The van der Waals surface area contributed by atoms with Crippen LogP contribution >= 0.6 is 11.6 Å². The molecule has 1 saturated heterocycles. The van der Waals surface area contributed by atoms with Crippen molar-refractivity contribution in [1.82, 2.24) is 5.32 Å². The number of halogens is 1. The number of anilines is 1. The van der Waals surface area contributed by atoms with E-state index in [1.54, 1.807) is 6.07 Å². The van der Waals surface area contributed by atoms with Crippen molar-refractivity contribution in [1.29, 1.82) is 0 Å². The van der Waals surface area contributed by atoms with Crippen LogP contribution in [0.1, 0.15) is 5.56 Å². The highest BCUT2D eigenvalue weighted by Crippen LogP contribution is 2.36. The summed E-state index contributed by atoms with van der Waals surface area (Å²) in [4.78, 5) is 49.0. The highest BCUT2D eigenvalue weighted by Gasteiger charge is 2.37. The fourth-order valence-electron chi connectivity index (χ4n) is 2.95. The summed E-state index contributed by atoms with van der Waals surface area (Å²) in [5, 5.41) is 10.9. The largest absolute Gasteiger partial charge is 0.480 e. The summed E-state index contributed by atoms with van der Waals surface area (Å²) < 4.78 is 15.5. The van der Waals surface area contributed by atoms with E-state index in [4.69, 9.17) is 30.9 Å². The van der Waals surface area contributed by atoms with Crippen LogP contribution in [-0.2, 0) is 14.4 Å². The van der Waals surface area contributed by atoms with E-state index in [2.05, 4.69) is 5.32 Å². The maximum absolute atomic E-state index is 13.0. The lowest BCUT2D eigenvalue weighted by Crippen LogP contribution is -2.54. The third-order valence-corrected chi connectivity index (χ3v) is 4.63. The molecule has 0 bridgehead atoms. The quantitative estimate of drug-likeness (QED) is 0.530. The van der Waals surface area contributed by atoms with Gasteiger partial charge in [-0.15, -0.1) is 0 Å². The fourth-order valence-corrected chi connectivity index (χ4v) is 3.19. The summed E-state index contributed by atoms with van der Waals surface area (Å²) in [6.45, 7) is -0.552. The van der Waals surface area contributed by atoms with Crippen LogP contribution in [0.4, 0.5) is 10.5 Å². The van der Waals surface area contributed by atoms with Gasteiger partial charge < -0.3 is 19.3 Å². The second-order valence-corrected chi connectivity index (χ2v) is 6.77. The first-order valence-corrected chi connectivity index (χ1v) is 9.16. The van der Waals surface area contributed by atoms with Crippen LogP contribution in [0.15, 0.2) is 42.0 Å². The maximum Gasteiger partial charge on any atom is 0.341 e. The van der Waals surface area contributed by atoms with Gasteiger partial charge in [-0.1, -0.05) is 17.7 Å². The molecule has 0 aliphatic carbocycles. The first kappa shape index (κ1) is 20.2. The number of imide groups is 2. The molecule has 2 aliphatic heterocycles. The minimum absolute atomic E-state index is 0.0233. The fraction of sp³-hybridized carbons (Fsp3) is 0.100. The molecular formula is C20H13ClN2O8. The standard InChI is InChI=1S/C20H13ClN2O8/c21-13-6-10(1-3-14(13)29-8-17(24)25)5-12-18(26)22-20(28)23(19(12)27)11-2-4-15-16(7-11)31-9-30-15/h1-7H,8-9H2,(H,24,25)(H,22,26,28)/b12-5+. The molecule has 31 heavy (non-hydrogen) atoms. The molecule has 0 saturated carbocycles. The molecule has 2 heterocycles. The van der Waals surface area contributed by atoms with Crippen LogP contribution in [0, 0.1) is 0 Å². The molecule has 0 unspecified atom stereocenters. The number of carboxylic acids is 1. The number of ether oxygens (including phenoxy) is 3. The summed E-state index contributed by atoms with van der Waals surface area (Å²) in [6, 6.07) is 7.88. The Morgan fingerprint density at radius 3 is 2.68 bits per heavy atom. The molecule has 2 aliphatic rings. The molecule has 0 aromatic heterocycles. The predicted octanol–water partition coefficient (Wildman–Crippen LogP) is 2.20. The Labute approximate surface area is 179 Å². The normalized spacial score (nSPS) is 16.5. The molecule has 158 valence electrons. The van der Waals surface area contributed by atoms with Gasteiger partial charge in [-0.2, -0.15) is 0 Å². The predicted molar refractivity (Wildman–Crippen MR) is 106 cm³/mol. The zero-order chi connectivity index (χ0) is 22.1. The number of carbonyl (C=O) groups excluding carboxylic acids is 3. The van der Waals surface area contributed by atoms with Crippen LogP contribution in [0.3, 0.4) is 0 Å². The van der Waals surface area contributed by atoms with Crippen molar-refractivity contribution in [3.8, 4) is 17.2 Å². The average Bonchev–Trinajstić information content (AvgIpc) is 3.18. The van der Waals surface area contributed by atoms with E-state index >= 15 is 0 Å². The average molecular weight is 445 g/mol. The Kier molecular flexibility index (Phi) is 5.22. The molecule has 2 aromatic carbocycles. The van der Waals surface area contributed by atoms with Gasteiger partial charge in [0.25, 0.3) is 11.8 Å². The molecule has 1 fully saturated rings. The smallest absolute Gasteiger partial charge is 0.341 e. The van der Waals surface area contributed by atoms with Crippen LogP contribution in [0.2, 0.25) is 5.02 Å². The number of benzene rings is 2. The molecule has 11 heteroatoms. The molecule has 4 amide bonds. The number of aliphatic carboxylic acids is 1. The van der Waals surface area contributed by atoms with Crippen LogP contribution in [0.25, 0.3) is 6.08 Å². The Morgan fingerprint density at radius 1 is 1.16 bits per heavy atom. The number of fused-ring (bicyclic) bond motifs is 1. The SMILES string of the molecule is O=C(O)COc1ccc(/C=C2\C(=O)NC(=O)N(c3ccc4c(c3)OCO4)C2=O)cc1Cl. The molecule has 0 spiro atoms. The third-order valence-electron chi connectivity index (χ3n) is 4.33. The molecule has 0 atom stereocenters. The summed E-state index contributed by atoms with van der Waals surface area (Å²) in [5.41, 5.74) is 0.263. The van der Waals surface area contributed by atoms with E-state index < -0.39 is 30.4 Å². The van der Waals surface area contributed by atoms with Gasteiger partial charge in [0, 0.05) is 6.07 Å². The van der Waals surface area contributed by atoms with Gasteiger partial charge >= 0.3 is 12.0 Å². The van der Waals surface area contributed by atoms with E-state index in [0.717, 1.165) is 4.90 Å². The van der Waals surface area contributed by atoms with Gasteiger partial charge in [-0.25, -0.2) is 14.5 Å². The Morgan fingerprint density at radius 2 is 1.94 bits per heavy atom. The molecule has 4 rings (SSSR count). The number of barbiturate groups is 1. The lowest BCUT2D eigenvalue weighted by molar-refractivity contribution is -0.139. The highest BCUT2D eigenvalue weighted by atomic mass is 35.5. The maximum atomic E-state index is 13.0. The van der Waals surface area contributed by atoms with Gasteiger partial charge in [0.1, 0.15) is 11.3 Å². The van der Waals surface area contributed by atoms with Crippen molar-refractivity contribution in [3.05, 3.63) is 52.6 Å². The molecule has 10 nitrogen and oxygen atoms in total. The van der Waals surface area contributed by atoms with Gasteiger partial charge in [0.15, 0.2) is 18.1 Å². The summed E-state index contributed by atoms with van der Waals surface area (Å²) in [7, 11) is 0. The summed E-state index contributed by atoms with van der Waals surface area (Å²) >= 11 is 6.08. The number of rotatable bonds is 5. The van der Waals surface area contributed by atoms with Crippen molar-refractivity contribution >= 4 is 47.2 Å². The first-order valence-electron chi connectivity index (χ1n) is 8.79. The van der Waals surface area contributed by atoms with E-state index in [1.165, 1.54) is 36.4 Å². The highest BCUT2D eigenvalue weighted by molar-refractivity contribution is 6.39. The topological polar surface area (TPSA) is 131 Å². The number of carboxylic acid groups (broad SMARTS) is 1. The number of hydrogen-bond donors (Lipinski definition) is 2. The van der Waals surface area contributed by atoms with E-state index in [-0.39, 0.29) is 28.8 Å². The second kappa shape index (κ2) is 8.00. The number of hydrogen-bond acceptors (Lipinski definition) is 7. The Hall–Kier alpha value is -4.05. The van der Waals surface area contributed by atoms with Crippen molar-refractivity contribution < 1.29 is 38.5 Å². The van der Waals surface area contributed by atoms with Crippen molar-refractivity contribution in [2.24, 2.45) is 0 Å². The Bertz CT molecular complexity index is 1160. The minimum Gasteiger partial charge on any atom is -0.480 e. The molecule has 2 N–H and O–H groups in total. The number of amides is 4. The lowest BCUT2D eigenvalue weighted by Gasteiger charge is -2.26. The van der Waals surface area contributed by atoms with E-state index in [0.29, 0.717) is 17.1 Å². The third kappa shape index (κ3) is 4.01. The molecular weight excluding hydrogens is 432 g/mol. The van der Waals surface area contributed by atoms with Crippen LogP contribution in [-0.4, -0.2) is 42.3 Å². The van der Waals surface area contributed by atoms with Gasteiger partial charge in [-0.3, -0.25) is 14.9 Å². The number of urea groups is 1. The number of nitrogens with one attached hydrogen (secondary N) is 1. The van der Waals surface area contributed by atoms with Crippen LogP contribution < -0.4 is 24.4 Å². The first-order chi connectivity index (χ1) is 14.8. The lowest BCUT2D eigenvalue weighted by atomic mass is 10.1. The molecule has 2 aromatic rings. The van der Waals surface area contributed by atoms with E-state index in [9.17, 15) is 19.2 Å². The van der Waals surface area contributed by atoms with E-state index in [1.807, 2.05) is 0 Å². The summed E-state index contributed by atoms with van der Waals surface area (Å²) in [5.74, 6) is -1.91. The van der Waals surface area contributed by atoms with Gasteiger partial charge in [-0.05, 0) is 35.9 Å². The second-order valence-electron chi connectivity index (χ2n) is 6.37. The molecule has 0 radical (unpaired) electrons. The van der Waals surface area contributed by atoms with Crippen LogP contribution in [0.5, 0.6) is 17.2 Å². The zero-order valence-electron chi connectivity index (χ0n) is 15.6. The summed E-state index contributed by atoms with van der Waals surface area (Å²) in [6.07, 6.45) is 1.26.